The first-order valence-electron chi connectivity index (χ1n) is 8.40. The molecule has 8 heteroatoms. The number of pyridine rings is 1. The zero-order chi connectivity index (χ0) is 17.9. The molecular formula is C18H20N6S2. The fourth-order valence-electron chi connectivity index (χ4n) is 3.07. The van der Waals surface area contributed by atoms with Gasteiger partial charge in [-0.2, -0.15) is 0 Å². The minimum Gasteiger partial charge on any atom is -0.353 e. The van der Waals surface area contributed by atoms with E-state index in [9.17, 15) is 0 Å². The van der Waals surface area contributed by atoms with E-state index in [0.717, 1.165) is 59.1 Å². The summed E-state index contributed by atoms with van der Waals surface area (Å²) in [6.07, 6.45) is 7.62. The van der Waals surface area contributed by atoms with Gasteiger partial charge in [0.15, 0.2) is 0 Å². The summed E-state index contributed by atoms with van der Waals surface area (Å²) in [6, 6.07) is 8.18. The average Bonchev–Trinajstić information content (AvgIpc) is 2.73. The van der Waals surface area contributed by atoms with Crippen LogP contribution in [0.5, 0.6) is 0 Å². The van der Waals surface area contributed by atoms with Crippen LogP contribution in [-0.4, -0.2) is 51.7 Å². The van der Waals surface area contributed by atoms with E-state index in [1.54, 1.807) is 18.1 Å². The summed E-state index contributed by atoms with van der Waals surface area (Å²) in [5.74, 6) is 0.944. The van der Waals surface area contributed by atoms with Crippen molar-refractivity contribution in [3.05, 3.63) is 42.9 Å². The predicted octanol–water partition coefficient (Wildman–Crippen LogP) is 3.06. The maximum absolute atomic E-state index is 5.65. The molecule has 0 unspecified atom stereocenters. The van der Waals surface area contributed by atoms with E-state index < -0.39 is 0 Å². The van der Waals surface area contributed by atoms with Crippen molar-refractivity contribution in [2.24, 2.45) is 5.14 Å². The molecule has 0 bridgehead atoms. The minimum atomic E-state index is 0.901. The molecule has 1 aliphatic rings. The first-order valence-corrected chi connectivity index (χ1v) is 10.5. The number of anilines is 1. The topological polar surface area (TPSA) is 71.2 Å². The Morgan fingerprint density at radius 1 is 0.962 bits per heavy atom. The molecule has 0 aliphatic carbocycles. The summed E-state index contributed by atoms with van der Waals surface area (Å²) in [4.78, 5) is 17.0. The predicted molar refractivity (Wildman–Crippen MR) is 110 cm³/mol. The van der Waals surface area contributed by atoms with Gasteiger partial charge in [-0.15, -0.1) is 0 Å². The molecule has 134 valence electrons. The first-order chi connectivity index (χ1) is 12.8. The normalized spacial score (nSPS) is 15.5. The van der Waals surface area contributed by atoms with Crippen LogP contribution < -0.4 is 10.0 Å². The Morgan fingerprint density at radius 3 is 2.58 bits per heavy atom. The van der Waals surface area contributed by atoms with Gasteiger partial charge in [0.25, 0.3) is 0 Å². The van der Waals surface area contributed by atoms with Crippen LogP contribution in [0.1, 0.15) is 0 Å². The fourth-order valence-corrected chi connectivity index (χ4v) is 3.92. The van der Waals surface area contributed by atoms with Crippen LogP contribution in [0.3, 0.4) is 0 Å². The van der Waals surface area contributed by atoms with E-state index >= 15 is 0 Å². The number of piperazine rings is 1. The lowest BCUT2D eigenvalue weighted by atomic mass is 10.1. The van der Waals surface area contributed by atoms with Crippen molar-refractivity contribution >= 4 is 40.7 Å². The van der Waals surface area contributed by atoms with Gasteiger partial charge < -0.3 is 4.90 Å². The van der Waals surface area contributed by atoms with E-state index in [-0.39, 0.29) is 0 Å². The second kappa shape index (κ2) is 7.79. The van der Waals surface area contributed by atoms with Gasteiger partial charge in [0.2, 0.25) is 0 Å². The molecule has 3 aromatic rings. The van der Waals surface area contributed by atoms with Crippen molar-refractivity contribution in [3.8, 4) is 11.1 Å². The number of aromatic nitrogens is 3. The van der Waals surface area contributed by atoms with Crippen LogP contribution in [0.4, 0.5) is 5.82 Å². The first kappa shape index (κ1) is 17.5. The Balaban J connectivity index is 1.64. The molecule has 1 aromatic carbocycles. The van der Waals surface area contributed by atoms with Crippen LogP contribution in [0.25, 0.3) is 22.2 Å². The van der Waals surface area contributed by atoms with Crippen molar-refractivity contribution in [1.82, 2.24) is 19.3 Å². The number of nitrogens with two attached hydrogens (primary N) is 1. The number of hydrogen-bond acceptors (Lipinski definition) is 8. The van der Waals surface area contributed by atoms with E-state index in [0.29, 0.717) is 0 Å². The number of hydrogen-bond donors (Lipinski definition) is 1. The lowest BCUT2D eigenvalue weighted by Gasteiger charge is -2.33. The van der Waals surface area contributed by atoms with Crippen LogP contribution >= 0.6 is 23.9 Å². The second-order valence-corrected chi connectivity index (χ2v) is 7.65. The molecule has 26 heavy (non-hydrogen) atoms. The Bertz CT molecular complexity index is 911. The number of nitrogens with zero attached hydrogens (tertiary/aromatic N) is 5. The van der Waals surface area contributed by atoms with Crippen molar-refractivity contribution < 1.29 is 0 Å². The monoisotopic (exact) mass is 384 g/mol. The number of fused-ring (bicyclic) bond motifs is 1. The molecule has 1 aliphatic heterocycles. The average molecular weight is 385 g/mol. The molecule has 0 saturated carbocycles. The van der Waals surface area contributed by atoms with Crippen molar-refractivity contribution in [2.75, 3.05) is 37.3 Å². The van der Waals surface area contributed by atoms with Crippen molar-refractivity contribution in [1.29, 1.82) is 0 Å². The summed E-state index contributed by atoms with van der Waals surface area (Å²) in [7, 11) is 0. The number of rotatable bonds is 4. The van der Waals surface area contributed by atoms with Gasteiger partial charge in [0.1, 0.15) is 5.82 Å². The van der Waals surface area contributed by atoms with E-state index in [1.807, 2.05) is 24.5 Å². The van der Waals surface area contributed by atoms with Gasteiger partial charge in [0.05, 0.1) is 17.2 Å². The lowest BCUT2D eigenvalue weighted by Crippen LogP contribution is -2.43. The van der Waals surface area contributed by atoms with Crippen LogP contribution in [0, 0.1) is 0 Å². The Labute approximate surface area is 161 Å². The van der Waals surface area contributed by atoms with Gasteiger partial charge >= 0.3 is 0 Å². The molecule has 2 aromatic heterocycles. The van der Waals surface area contributed by atoms with Gasteiger partial charge in [-0.25, -0.2) is 9.29 Å². The summed E-state index contributed by atoms with van der Waals surface area (Å²) in [5.41, 5.74) is 3.90. The fraction of sp³-hybridized carbons (Fsp3) is 0.278. The highest BCUT2D eigenvalue weighted by Crippen LogP contribution is 2.26. The van der Waals surface area contributed by atoms with Crippen molar-refractivity contribution in [3.63, 3.8) is 0 Å². The standard InChI is InChI=1S/C18H20N6S2/c1-25-24-6-4-23(5-7-24)18-12-21-16-3-2-13(9-17(16)22-18)14-8-15(26-19)11-20-10-14/h2-3,8-12H,4-7,19H2,1H3. The molecule has 2 N–H and O–H groups in total. The number of benzene rings is 1. The zero-order valence-corrected chi connectivity index (χ0v) is 16.1. The van der Waals surface area contributed by atoms with Crippen molar-refractivity contribution in [2.45, 2.75) is 4.90 Å². The molecular weight excluding hydrogens is 364 g/mol. The quantitative estimate of drug-likeness (QED) is 0.688. The smallest absolute Gasteiger partial charge is 0.147 e. The summed E-state index contributed by atoms with van der Waals surface area (Å²) in [6.45, 7) is 4.02. The summed E-state index contributed by atoms with van der Waals surface area (Å²) in [5, 5.41) is 5.65. The molecule has 3 heterocycles. The maximum atomic E-state index is 5.65. The van der Waals surface area contributed by atoms with Gasteiger partial charge in [0, 0.05) is 49.0 Å². The third kappa shape index (κ3) is 3.64. The molecule has 0 amide bonds. The largest absolute Gasteiger partial charge is 0.353 e. The van der Waals surface area contributed by atoms with E-state index in [1.165, 1.54) is 11.9 Å². The Morgan fingerprint density at radius 2 is 1.81 bits per heavy atom. The van der Waals surface area contributed by atoms with E-state index in [4.69, 9.17) is 10.1 Å². The summed E-state index contributed by atoms with van der Waals surface area (Å²) >= 11 is 3.00. The molecule has 4 rings (SSSR count). The molecule has 0 spiro atoms. The third-order valence-corrected chi connectivity index (χ3v) is 5.91. The Hall–Kier alpha value is -1.87. The molecule has 0 radical (unpaired) electrons. The van der Waals surface area contributed by atoms with Crippen LogP contribution in [0.15, 0.2) is 47.8 Å². The van der Waals surface area contributed by atoms with Crippen LogP contribution in [-0.2, 0) is 0 Å². The molecule has 1 saturated heterocycles. The van der Waals surface area contributed by atoms with Gasteiger partial charge in [-0.3, -0.25) is 15.1 Å². The highest BCUT2D eigenvalue weighted by Gasteiger charge is 2.18. The SMILES string of the molecule is CSN1CCN(c2cnc3ccc(-c4cncc(SN)c4)cc3n2)CC1. The van der Waals surface area contributed by atoms with Gasteiger partial charge in [-0.1, -0.05) is 18.0 Å². The summed E-state index contributed by atoms with van der Waals surface area (Å²) < 4.78 is 2.37. The Kier molecular flexibility index (Phi) is 5.26. The highest BCUT2D eigenvalue weighted by molar-refractivity contribution is 7.97. The molecule has 0 atom stereocenters. The second-order valence-electron chi connectivity index (χ2n) is 6.06. The highest BCUT2D eigenvalue weighted by atomic mass is 32.2. The van der Waals surface area contributed by atoms with Crippen LogP contribution in [0.2, 0.25) is 0 Å². The lowest BCUT2D eigenvalue weighted by molar-refractivity contribution is 0.429. The zero-order valence-electron chi connectivity index (χ0n) is 14.5. The molecule has 1 fully saturated rings. The van der Waals surface area contributed by atoms with Gasteiger partial charge in [-0.05, 0) is 42.0 Å². The maximum Gasteiger partial charge on any atom is 0.147 e. The molecule has 6 nitrogen and oxygen atoms in total. The van der Waals surface area contributed by atoms with E-state index in [2.05, 4.69) is 37.6 Å². The minimum absolute atomic E-state index is 0.901. The third-order valence-electron chi connectivity index (χ3n) is 4.53.